The summed E-state index contributed by atoms with van der Waals surface area (Å²) in [5.74, 6) is -2.69. The maximum absolute atomic E-state index is 14.2. The minimum absolute atomic E-state index is 0.205. The Bertz CT molecular complexity index is 887. The number of carboxylic acid groups (broad SMARTS) is 1. The van der Waals surface area contributed by atoms with Gasteiger partial charge in [0.1, 0.15) is 11.6 Å². The second-order valence-corrected chi connectivity index (χ2v) is 7.52. The van der Waals surface area contributed by atoms with Crippen molar-refractivity contribution in [1.29, 1.82) is 0 Å². The molecule has 6 heteroatoms. The van der Waals surface area contributed by atoms with Gasteiger partial charge in [0, 0.05) is 17.3 Å². The zero-order valence-electron chi connectivity index (χ0n) is 15.2. The zero-order chi connectivity index (χ0) is 19.8. The maximum atomic E-state index is 14.2. The summed E-state index contributed by atoms with van der Waals surface area (Å²) in [6.07, 6.45) is 1.77. The van der Waals surface area contributed by atoms with E-state index in [0.717, 1.165) is 18.6 Å². The predicted octanol–water partition coefficient (Wildman–Crippen LogP) is 4.39. The van der Waals surface area contributed by atoms with Crippen molar-refractivity contribution in [1.82, 2.24) is 0 Å². The van der Waals surface area contributed by atoms with Gasteiger partial charge in [-0.25, -0.2) is 8.78 Å². The highest BCUT2D eigenvalue weighted by atomic mass is 19.1. The molecule has 1 saturated carbocycles. The van der Waals surface area contributed by atoms with Gasteiger partial charge in [-0.3, -0.25) is 9.59 Å². The fourth-order valence-electron chi connectivity index (χ4n) is 3.37. The molecule has 1 fully saturated rings. The van der Waals surface area contributed by atoms with Crippen LogP contribution in [0.1, 0.15) is 44.2 Å². The maximum Gasteiger partial charge on any atom is 0.313 e. The van der Waals surface area contributed by atoms with Gasteiger partial charge < -0.3 is 10.4 Å². The first-order chi connectivity index (χ1) is 12.7. The first-order valence-corrected chi connectivity index (χ1v) is 8.78. The molecule has 0 aromatic heterocycles. The van der Waals surface area contributed by atoms with Gasteiger partial charge in [0.15, 0.2) is 0 Å². The van der Waals surface area contributed by atoms with Crippen molar-refractivity contribution >= 4 is 17.6 Å². The van der Waals surface area contributed by atoms with E-state index in [2.05, 4.69) is 5.32 Å². The van der Waals surface area contributed by atoms with Crippen molar-refractivity contribution in [2.75, 3.05) is 5.32 Å². The van der Waals surface area contributed by atoms with Crippen LogP contribution >= 0.6 is 0 Å². The molecule has 4 nitrogen and oxygen atoms in total. The van der Waals surface area contributed by atoms with Crippen molar-refractivity contribution in [2.24, 2.45) is 0 Å². The molecule has 1 amide bonds. The summed E-state index contributed by atoms with van der Waals surface area (Å²) in [7, 11) is 0. The van der Waals surface area contributed by atoms with Crippen LogP contribution in [0.15, 0.2) is 42.5 Å². The van der Waals surface area contributed by atoms with Gasteiger partial charge in [-0.05, 0) is 50.5 Å². The molecule has 3 rings (SSSR count). The number of aliphatic carboxylic acids is 1. The summed E-state index contributed by atoms with van der Waals surface area (Å²) in [5, 5.41) is 12.1. The van der Waals surface area contributed by atoms with E-state index in [1.807, 2.05) is 0 Å². The van der Waals surface area contributed by atoms with Crippen LogP contribution in [0.3, 0.4) is 0 Å². The monoisotopic (exact) mass is 373 g/mol. The number of rotatable bonds is 5. The Morgan fingerprint density at radius 3 is 2.19 bits per heavy atom. The molecule has 2 aromatic rings. The van der Waals surface area contributed by atoms with Crippen LogP contribution in [0, 0.1) is 11.6 Å². The summed E-state index contributed by atoms with van der Waals surface area (Å²) >= 11 is 0. The van der Waals surface area contributed by atoms with Crippen LogP contribution in [0.5, 0.6) is 0 Å². The van der Waals surface area contributed by atoms with Crippen LogP contribution in [-0.2, 0) is 20.4 Å². The van der Waals surface area contributed by atoms with Gasteiger partial charge in [-0.1, -0.05) is 24.6 Å². The van der Waals surface area contributed by atoms with Crippen LogP contribution in [0.2, 0.25) is 0 Å². The standard InChI is InChI=1S/C21H21F2NO3/c1-20(2,19(26)27)13-4-7-15(8-5-13)24-18(25)21(10-3-11-21)16-9-6-14(22)12-17(16)23/h4-9,12H,3,10-11H2,1-2H3,(H,24,25)(H,26,27). The van der Waals surface area contributed by atoms with Crippen LogP contribution < -0.4 is 5.32 Å². The molecule has 0 spiro atoms. The molecule has 0 heterocycles. The lowest BCUT2D eigenvalue weighted by atomic mass is 9.63. The number of anilines is 1. The number of carboxylic acids is 1. The third-order valence-electron chi connectivity index (χ3n) is 5.49. The van der Waals surface area contributed by atoms with Gasteiger partial charge in [0.2, 0.25) is 5.91 Å². The van der Waals surface area contributed by atoms with Crippen molar-refractivity contribution < 1.29 is 23.5 Å². The average molecular weight is 373 g/mol. The van der Waals surface area contributed by atoms with Crippen molar-refractivity contribution in [3.63, 3.8) is 0 Å². The fourth-order valence-corrected chi connectivity index (χ4v) is 3.37. The van der Waals surface area contributed by atoms with Crippen molar-refractivity contribution in [2.45, 2.75) is 43.9 Å². The van der Waals surface area contributed by atoms with Gasteiger partial charge >= 0.3 is 5.97 Å². The quantitative estimate of drug-likeness (QED) is 0.817. The second-order valence-electron chi connectivity index (χ2n) is 7.52. The molecule has 1 aliphatic carbocycles. The molecule has 0 aliphatic heterocycles. The smallest absolute Gasteiger partial charge is 0.313 e. The summed E-state index contributed by atoms with van der Waals surface area (Å²) < 4.78 is 27.5. The molecular formula is C21H21F2NO3. The minimum atomic E-state index is -1.05. The van der Waals surface area contributed by atoms with E-state index in [9.17, 15) is 23.5 Å². The minimum Gasteiger partial charge on any atom is -0.481 e. The van der Waals surface area contributed by atoms with E-state index < -0.39 is 28.4 Å². The first-order valence-electron chi connectivity index (χ1n) is 8.78. The lowest BCUT2D eigenvalue weighted by Gasteiger charge is -2.40. The Hall–Kier alpha value is -2.76. The summed E-state index contributed by atoms with van der Waals surface area (Å²) in [4.78, 5) is 24.2. The summed E-state index contributed by atoms with van der Waals surface area (Å²) in [6.45, 7) is 3.20. The van der Waals surface area contributed by atoms with Gasteiger partial charge in [0.05, 0.1) is 10.8 Å². The molecule has 0 unspecified atom stereocenters. The van der Waals surface area contributed by atoms with Crippen molar-refractivity contribution in [3.8, 4) is 0 Å². The van der Waals surface area contributed by atoms with Crippen LogP contribution in [-0.4, -0.2) is 17.0 Å². The third kappa shape index (κ3) is 3.31. The number of halogens is 2. The third-order valence-corrected chi connectivity index (χ3v) is 5.49. The Morgan fingerprint density at radius 2 is 1.70 bits per heavy atom. The summed E-state index contributed by atoms with van der Waals surface area (Å²) in [6, 6.07) is 9.85. The number of hydrogen-bond acceptors (Lipinski definition) is 2. The molecule has 2 N–H and O–H groups in total. The number of carbonyl (C=O) groups excluding carboxylic acids is 1. The highest BCUT2D eigenvalue weighted by molar-refractivity contribution is 6.00. The highest BCUT2D eigenvalue weighted by Gasteiger charge is 2.47. The topological polar surface area (TPSA) is 66.4 Å². The molecule has 142 valence electrons. The molecule has 0 bridgehead atoms. The molecule has 2 aromatic carbocycles. The SMILES string of the molecule is CC(C)(C(=O)O)c1ccc(NC(=O)C2(c3ccc(F)cc3F)CCC2)cc1. The van der Waals surface area contributed by atoms with E-state index in [0.29, 0.717) is 24.1 Å². The molecule has 0 saturated heterocycles. The van der Waals surface area contributed by atoms with E-state index in [-0.39, 0.29) is 11.5 Å². The number of benzene rings is 2. The Morgan fingerprint density at radius 1 is 1.07 bits per heavy atom. The molecule has 0 radical (unpaired) electrons. The number of hydrogen-bond donors (Lipinski definition) is 2. The van der Waals surface area contributed by atoms with E-state index in [1.165, 1.54) is 6.07 Å². The zero-order valence-corrected chi connectivity index (χ0v) is 15.2. The lowest BCUT2D eigenvalue weighted by Crippen LogP contribution is -2.46. The second kappa shape index (κ2) is 6.76. The number of nitrogens with one attached hydrogen (secondary N) is 1. The van der Waals surface area contributed by atoms with Gasteiger partial charge in [-0.15, -0.1) is 0 Å². The van der Waals surface area contributed by atoms with Crippen LogP contribution in [0.4, 0.5) is 14.5 Å². The Kier molecular flexibility index (Phi) is 4.76. The van der Waals surface area contributed by atoms with Gasteiger partial charge in [-0.2, -0.15) is 0 Å². The van der Waals surface area contributed by atoms with E-state index in [4.69, 9.17) is 0 Å². The van der Waals surface area contributed by atoms with Gasteiger partial charge in [0.25, 0.3) is 0 Å². The molecule has 27 heavy (non-hydrogen) atoms. The lowest BCUT2D eigenvalue weighted by molar-refractivity contribution is -0.142. The van der Waals surface area contributed by atoms with E-state index >= 15 is 0 Å². The molecular weight excluding hydrogens is 352 g/mol. The number of amides is 1. The molecule has 0 atom stereocenters. The molecule has 1 aliphatic rings. The Labute approximate surface area is 156 Å². The average Bonchev–Trinajstić information content (AvgIpc) is 2.56. The fraction of sp³-hybridized carbons (Fsp3) is 0.333. The first kappa shape index (κ1) is 19.0. The summed E-state index contributed by atoms with van der Waals surface area (Å²) in [5.41, 5.74) is -0.739. The number of carbonyl (C=O) groups is 2. The normalized spacial score (nSPS) is 15.7. The van der Waals surface area contributed by atoms with Crippen LogP contribution in [0.25, 0.3) is 0 Å². The largest absolute Gasteiger partial charge is 0.481 e. The van der Waals surface area contributed by atoms with E-state index in [1.54, 1.807) is 38.1 Å². The Balaban J connectivity index is 1.83. The highest BCUT2D eigenvalue weighted by Crippen LogP contribution is 2.45. The predicted molar refractivity (Wildman–Crippen MR) is 97.6 cm³/mol. The van der Waals surface area contributed by atoms with Crippen molar-refractivity contribution in [3.05, 3.63) is 65.2 Å².